The van der Waals surface area contributed by atoms with Crippen molar-refractivity contribution < 1.29 is 4.79 Å². The molecule has 4 nitrogen and oxygen atoms in total. The lowest BCUT2D eigenvalue weighted by Gasteiger charge is -2.32. The number of aromatic nitrogens is 1. The van der Waals surface area contributed by atoms with Crippen molar-refractivity contribution in [2.24, 2.45) is 0 Å². The minimum atomic E-state index is -0.636. The van der Waals surface area contributed by atoms with Gasteiger partial charge in [-0.05, 0) is 30.9 Å². The van der Waals surface area contributed by atoms with Gasteiger partial charge in [-0.1, -0.05) is 60.7 Å². The van der Waals surface area contributed by atoms with Crippen LogP contribution >= 0.6 is 11.3 Å². The van der Waals surface area contributed by atoms with Crippen molar-refractivity contribution >= 4 is 22.5 Å². The van der Waals surface area contributed by atoms with E-state index in [-0.39, 0.29) is 6.03 Å². The normalized spacial score (nSPS) is 14.0. The summed E-state index contributed by atoms with van der Waals surface area (Å²) in [5.74, 6) is 0.587. The van der Waals surface area contributed by atoms with Gasteiger partial charge < -0.3 is 5.32 Å². The van der Waals surface area contributed by atoms with E-state index in [0.717, 1.165) is 16.8 Å². The topological polar surface area (TPSA) is 54.0 Å². The second-order valence-corrected chi connectivity index (χ2v) is 7.65. The Kier molecular flexibility index (Phi) is 4.47. The van der Waals surface area contributed by atoms with Gasteiger partial charge in [0.15, 0.2) is 5.13 Å². The molecule has 1 fully saturated rings. The van der Waals surface area contributed by atoms with Crippen LogP contribution in [0.25, 0.3) is 0 Å². The number of anilines is 1. The number of nitrogens with zero attached hydrogens (tertiary/aromatic N) is 1. The maximum absolute atomic E-state index is 12.7. The molecule has 0 aliphatic heterocycles. The van der Waals surface area contributed by atoms with Crippen LogP contribution in [0.4, 0.5) is 9.93 Å². The van der Waals surface area contributed by atoms with E-state index in [2.05, 4.69) is 15.6 Å². The van der Waals surface area contributed by atoms with Crippen LogP contribution in [0.15, 0.2) is 66.0 Å². The molecule has 2 amide bonds. The maximum Gasteiger partial charge on any atom is 0.321 e. The van der Waals surface area contributed by atoms with Crippen molar-refractivity contribution in [3.05, 3.63) is 82.9 Å². The van der Waals surface area contributed by atoms with Gasteiger partial charge in [-0.3, -0.25) is 5.32 Å². The standard InChI is InChI=1S/C21H21N3OS/c1-21(16-8-4-2-5-9-16,17-10-6-3-7-11-17)24-19(25)23-20-22-18(14-26-20)15-12-13-15/h2-11,14-15H,12-13H2,1H3,(H2,22,23,24,25). The van der Waals surface area contributed by atoms with Gasteiger partial charge in [-0.15, -0.1) is 11.3 Å². The van der Waals surface area contributed by atoms with Crippen molar-refractivity contribution in [1.29, 1.82) is 0 Å². The molecule has 26 heavy (non-hydrogen) atoms. The highest BCUT2D eigenvalue weighted by Crippen LogP contribution is 2.41. The number of carbonyl (C=O) groups excluding carboxylic acids is 1. The zero-order valence-corrected chi connectivity index (χ0v) is 15.4. The number of carbonyl (C=O) groups is 1. The quantitative estimate of drug-likeness (QED) is 0.662. The Morgan fingerprint density at radius 1 is 1.04 bits per heavy atom. The molecule has 0 saturated heterocycles. The molecule has 2 aromatic carbocycles. The molecule has 0 radical (unpaired) electrons. The molecule has 1 aromatic heterocycles. The molecule has 1 aliphatic carbocycles. The van der Waals surface area contributed by atoms with Crippen molar-refractivity contribution in [1.82, 2.24) is 10.3 Å². The third-order valence-electron chi connectivity index (χ3n) is 4.80. The number of urea groups is 1. The Labute approximate surface area is 157 Å². The molecule has 1 saturated carbocycles. The first-order valence-corrected chi connectivity index (χ1v) is 9.69. The van der Waals surface area contributed by atoms with Crippen molar-refractivity contribution in [3.63, 3.8) is 0 Å². The summed E-state index contributed by atoms with van der Waals surface area (Å²) >= 11 is 1.48. The van der Waals surface area contributed by atoms with E-state index in [9.17, 15) is 4.79 Å². The first-order valence-electron chi connectivity index (χ1n) is 8.81. The maximum atomic E-state index is 12.7. The third kappa shape index (κ3) is 3.48. The number of hydrogen-bond acceptors (Lipinski definition) is 3. The van der Waals surface area contributed by atoms with Crippen molar-refractivity contribution in [2.75, 3.05) is 5.32 Å². The summed E-state index contributed by atoms with van der Waals surface area (Å²) in [6.07, 6.45) is 2.41. The van der Waals surface area contributed by atoms with Gasteiger partial charge in [-0.2, -0.15) is 0 Å². The SMILES string of the molecule is CC(NC(=O)Nc1nc(C2CC2)cs1)(c1ccccc1)c1ccccc1. The molecule has 132 valence electrons. The average Bonchev–Trinajstić information content (AvgIpc) is 3.43. The van der Waals surface area contributed by atoms with Gasteiger partial charge in [0.05, 0.1) is 11.2 Å². The highest BCUT2D eigenvalue weighted by molar-refractivity contribution is 7.13. The number of hydrogen-bond donors (Lipinski definition) is 2. The van der Waals surface area contributed by atoms with Crippen LogP contribution < -0.4 is 10.6 Å². The number of rotatable bonds is 5. The van der Waals surface area contributed by atoms with Gasteiger partial charge in [-0.25, -0.2) is 9.78 Å². The summed E-state index contributed by atoms with van der Waals surface area (Å²) in [5, 5.41) is 8.73. The van der Waals surface area contributed by atoms with Crippen LogP contribution in [0.2, 0.25) is 0 Å². The summed E-state index contributed by atoms with van der Waals surface area (Å²) in [7, 11) is 0. The fraction of sp³-hybridized carbons (Fsp3) is 0.238. The fourth-order valence-electron chi connectivity index (χ4n) is 3.12. The zero-order valence-electron chi connectivity index (χ0n) is 14.6. The molecule has 1 heterocycles. The average molecular weight is 363 g/mol. The minimum absolute atomic E-state index is 0.253. The Morgan fingerprint density at radius 3 is 2.15 bits per heavy atom. The summed E-state index contributed by atoms with van der Waals surface area (Å²) in [5.41, 5.74) is 2.51. The Bertz CT molecular complexity index is 848. The van der Waals surface area contributed by atoms with Crippen LogP contribution in [-0.2, 0) is 5.54 Å². The van der Waals surface area contributed by atoms with Gasteiger partial charge in [0, 0.05) is 11.3 Å². The Hall–Kier alpha value is -2.66. The molecule has 1 aliphatic rings. The monoisotopic (exact) mass is 363 g/mol. The highest BCUT2D eigenvalue weighted by atomic mass is 32.1. The van der Waals surface area contributed by atoms with Crippen LogP contribution in [0.3, 0.4) is 0 Å². The van der Waals surface area contributed by atoms with Crippen molar-refractivity contribution in [2.45, 2.75) is 31.2 Å². The summed E-state index contributed by atoms with van der Waals surface area (Å²) in [6, 6.07) is 19.8. The lowest BCUT2D eigenvalue weighted by molar-refractivity contribution is 0.244. The molecule has 0 atom stereocenters. The van der Waals surface area contributed by atoms with Crippen LogP contribution in [0, 0.1) is 0 Å². The van der Waals surface area contributed by atoms with E-state index in [1.54, 1.807) is 0 Å². The number of nitrogens with one attached hydrogen (secondary N) is 2. The van der Waals surface area contributed by atoms with Crippen LogP contribution in [0.5, 0.6) is 0 Å². The smallest absolute Gasteiger partial charge is 0.321 e. The molecule has 3 aromatic rings. The van der Waals surface area contributed by atoms with E-state index < -0.39 is 5.54 Å². The number of thiazole rings is 1. The summed E-state index contributed by atoms with van der Waals surface area (Å²) < 4.78 is 0. The van der Waals surface area contributed by atoms with Gasteiger partial charge in [0.1, 0.15) is 0 Å². The highest BCUT2D eigenvalue weighted by Gasteiger charge is 2.31. The summed E-state index contributed by atoms with van der Waals surface area (Å²) in [6.45, 7) is 2.02. The lowest BCUT2D eigenvalue weighted by Crippen LogP contribution is -2.46. The molecule has 4 rings (SSSR count). The Balaban J connectivity index is 1.57. The van der Waals surface area contributed by atoms with Gasteiger partial charge >= 0.3 is 6.03 Å². The predicted molar refractivity (Wildman–Crippen MR) is 106 cm³/mol. The van der Waals surface area contributed by atoms with Gasteiger partial charge in [0.25, 0.3) is 0 Å². The largest absolute Gasteiger partial charge is 0.324 e. The van der Waals surface area contributed by atoms with E-state index in [1.807, 2.05) is 73.0 Å². The van der Waals surface area contributed by atoms with Crippen LogP contribution in [-0.4, -0.2) is 11.0 Å². The molecule has 0 bridgehead atoms. The lowest BCUT2D eigenvalue weighted by atomic mass is 9.85. The van der Waals surface area contributed by atoms with E-state index in [1.165, 1.54) is 24.2 Å². The molecular formula is C21H21N3OS. The van der Waals surface area contributed by atoms with Crippen molar-refractivity contribution in [3.8, 4) is 0 Å². The van der Waals surface area contributed by atoms with E-state index >= 15 is 0 Å². The second kappa shape index (κ2) is 6.92. The van der Waals surface area contributed by atoms with E-state index in [4.69, 9.17) is 0 Å². The second-order valence-electron chi connectivity index (χ2n) is 6.79. The number of amides is 2. The third-order valence-corrected chi connectivity index (χ3v) is 5.58. The molecule has 2 N–H and O–H groups in total. The molecule has 0 spiro atoms. The van der Waals surface area contributed by atoms with Gasteiger partial charge in [0.2, 0.25) is 0 Å². The predicted octanol–water partition coefficient (Wildman–Crippen LogP) is 5.11. The van der Waals surface area contributed by atoms with E-state index in [0.29, 0.717) is 11.0 Å². The van der Waals surface area contributed by atoms with Crippen LogP contribution in [0.1, 0.15) is 42.5 Å². The first-order chi connectivity index (χ1) is 12.6. The zero-order chi connectivity index (χ0) is 18.0. The first kappa shape index (κ1) is 16.8. The summed E-state index contributed by atoms with van der Waals surface area (Å²) in [4.78, 5) is 17.2. The molecule has 0 unspecified atom stereocenters. The minimum Gasteiger partial charge on any atom is -0.324 e. The fourth-order valence-corrected chi connectivity index (χ4v) is 3.91. The molecule has 5 heteroatoms. The Morgan fingerprint density at radius 2 is 1.62 bits per heavy atom. The molecular weight excluding hydrogens is 342 g/mol. The number of benzene rings is 2.